The summed E-state index contributed by atoms with van der Waals surface area (Å²) in [6.45, 7) is 5.88. The van der Waals surface area contributed by atoms with Gasteiger partial charge in [-0.3, -0.25) is 0 Å². The van der Waals surface area contributed by atoms with Gasteiger partial charge in [-0.1, -0.05) is 36.7 Å². The highest BCUT2D eigenvalue weighted by Crippen LogP contribution is 2.18. The zero-order valence-corrected chi connectivity index (χ0v) is 9.44. The summed E-state index contributed by atoms with van der Waals surface area (Å²) in [6, 6.07) is 8.26. The second-order valence-corrected chi connectivity index (χ2v) is 3.71. The first-order chi connectivity index (χ1) is 7.83. The first-order valence-electron chi connectivity index (χ1n) is 5.54. The molecule has 1 heterocycles. The smallest absolute Gasteiger partial charge is 0.226 e. The number of aromatic nitrogens is 2. The van der Waals surface area contributed by atoms with Crippen LogP contribution < -0.4 is 0 Å². The largest absolute Gasteiger partial charge is 0.339 e. The van der Waals surface area contributed by atoms with Crippen molar-refractivity contribution in [3.8, 4) is 11.4 Å². The minimum atomic E-state index is 0.529. The van der Waals surface area contributed by atoms with Crippen LogP contribution >= 0.6 is 0 Å². The lowest BCUT2D eigenvalue weighted by molar-refractivity contribution is 0.386. The van der Waals surface area contributed by atoms with Crippen molar-refractivity contribution in [1.82, 2.24) is 10.1 Å². The third-order valence-electron chi connectivity index (χ3n) is 2.41. The summed E-state index contributed by atoms with van der Waals surface area (Å²) >= 11 is 0. The van der Waals surface area contributed by atoms with E-state index in [0.717, 1.165) is 18.4 Å². The van der Waals surface area contributed by atoms with E-state index in [1.165, 1.54) is 5.56 Å². The molecule has 3 nitrogen and oxygen atoms in total. The van der Waals surface area contributed by atoms with Crippen LogP contribution in [0.25, 0.3) is 11.4 Å². The van der Waals surface area contributed by atoms with Crippen LogP contribution in [0, 0.1) is 6.92 Å². The van der Waals surface area contributed by atoms with Crippen LogP contribution in [0.1, 0.15) is 24.8 Å². The molecular formula is C13H15N2O. The predicted octanol–water partition coefficient (Wildman–Crippen LogP) is 3.07. The second-order valence-electron chi connectivity index (χ2n) is 3.71. The van der Waals surface area contributed by atoms with Crippen molar-refractivity contribution in [1.29, 1.82) is 0 Å². The second kappa shape index (κ2) is 4.92. The number of nitrogens with zero attached hydrogens (tertiary/aromatic N) is 2. The summed E-state index contributed by atoms with van der Waals surface area (Å²) in [5.74, 6) is 1.23. The molecule has 0 aliphatic rings. The molecule has 0 saturated carbocycles. The molecule has 0 aliphatic heterocycles. The van der Waals surface area contributed by atoms with Crippen LogP contribution in [-0.2, 0) is 12.8 Å². The van der Waals surface area contributed by atoms with Crippen LogP contribution in [0.5, 0.6) is 0 Å². The van der Waals surface area contributed by atoms with E-state index < -0.39 is 0 Å². The number of hydrogen-bond acceptors (Lipinski definition) is 3. The van der Waals surface area contributed by atoms with E-state index >= 15 is 0 Å². The molecule has 0 N–H and O–H groups in total. The molecule has 0 fully saturated rings. The molecule has 2 rings (SSSR count). The van der Waals surface area contributed by atoms with Gasteiger partial charge in [0.25, 0.3) is 0 Å². The van der Waals surface area contributed by atoms with Gasteiger partial charge in [0, 0.05) is 12.0 Å². The van der Waals surface area contributed by atoms with Crippen LogP contribution in [0.4, 0.5) is 0 Å². The van der Waals surface area contributed by atoms with Gasteiger partial charge in [0.2, 0.25) is 11.7 Å². The molecule has 1 radical (unpaired) electrons. The quantitative estimate of drug-likeness (QED) is 0.786. The molecular weight excluding hydrogens is 200 g/mol. The number of hydrogen-bond donors (Lipinski definition) is 0. The fourth-order valence-corrected chi connectivity index (χ4v) is 1.63. The van der Waals surface area contributed by atoms with Gasteiger partial charge in [-0.2, -0.15) is 4.98 Å². The first kappa shape index (κ1) is 10.9. The van der Waals surface area contributed by atoms with Gasteiger partial charge in [-0.25, -0.2) is 0 Å². The van der Waals surface area contributed by atoms with E-state index in [-0.39, 0.29) is 0 Å². The molecule has 0 bridgehead atoms. The Morgan fingerprint density at radius 3 is 2.94 bits per heavy atom. The van der Waals surface area contributed by atoms with E-state index in [0.29, 0.717) is 18.1 Å². The van der Waals surface area contributed by atoms with Crippen molar-refractivity contribution >= 4 is 0 Å². The molecule has 0 spiro atoms. The number of rotatable bonds is 4. The van der Waals surface area contributed by atoms with Gasteiger partial charge in [-0.15, -0.1) is 0 Å². The fraction of sp³-hybridized carbons (Fsp3) is 0.308. The van der Waals surface area contributed by atoms with E-state index in [1.54, 1.807) is 0 Å². The maximum atomic E-state index is 5.04. The van der Waals surface area contributed by atoms with Gasteiger partial charge < -0.3 is 4.52 Å². The molecule has 0 unspecified atom stereocenters. The molecule has 16 heavy (non-hydrogen) atoms. The Bertz CT molecular complexity index is 462. The Hall–Kier alpha value is -1.64. The van der Waals surface area contributed by atoms with E-state index in [1.807, 2.05) is 12.1 Å². The molecule has 0 aliphatic carbocycles. The SMILES string of the molecule is [CH2]Cc1nc(-c2cccc(CCC)c2)no1. The molecule has 2 aromatic rings. The van der Waals surface area contributed by atoms with E-state index in [9.17, 15) is 0 Å². The summed E-state index contributed by atoms with van der Waals surface area (Å²) in [5.41, 5.74) is 2.32. The minimum Gasteiger partial charge on any atom is -0.339 e. The lowest BCUT2D eigenvalue weighted by atomic mass is 10.1. The monoisotopic (exact) mass is 215 g/mol. The summed E-state index contributed by atoms with van der Waals surface area (Å²) in [6.07, 6.45) is 2.75. The van der Waals surface area contributed by atoms with Gasteiger partial charge in [-0.05, 0) is 25.0 Å². The zero-order valence-electron chi connectivity index (χ0n) is 9.44. The number of aryl methyl sites for hydroxylation is 1. The van der Waals surface area contributed by atoms with Gasteiger partial charge in [0.1, 0.15) is 0 Å². The normalized spacial score (nSPS) is 10.6. The number of benzene rings is 1. The molecule has 83 valence electrons. The average Bonchev–Trinajstić information content (AvgIpc) is 2.78. The third-order valence-corrected chi connectivity index (χ3v) is 2.41. The van der Waals surface area contributed by atoms with Gasteiger partial charge >= 0.3 is 0 Å². The van der Waals surface area contributed by atoms with Crippen molar-refractivity contribution in [2.24, 2.45) is 0 Å². The molecule has 0 amide bonds. The third kappa shape index (κ3) is 2.30. The van der Waals surface area contributed by atoms with E-state index in [2.05, 4.69) is 36.1 Å². The summed E-state index contributed by atoms with van der Waals surface area (Å²) in [4.78, 5) is 4.26. The van der Waals surface area contributed by atoms with E-state index in [4.69, 9.17) is 4.52 Å². The van der Waals surface area contributed by atoms with Crippen molar-refractivity contribution in [3.05, 3.63) is 42.6 Å². The highest BCUT2D eigenvalue weighted by atomic mass is 16.5. The van der Waals surface area contributed by atoms with Crippen LogP contribution in [-0.4, -0.2) is 10.1 Å². The Balaban J connectivity index is 2.28. The lowest BCUT2D eigenvalue weighted by Crippen LogP contribution is -1.86. The van der Waals surface area contributed by atoms with Crippen LogP contribution in [0.2, 0.25) is 0 Å². The average molecular weight is 215 g/mol. The Morgan fingerprint density at radius 1 is 1.38 bits per heavy atom. The van der Waals surface area contributed by atoms with Gasteiger partial charge in [0.05, 0.1) is 0 Å². The zero-order chi connectivity index (χ0) is 11.4. The van der Waals surface area contributed by atoms with Crippen molar-refractivity contribution < 1.29 is 4.52 Å². The lowest BCUT2D eigenvalue weighted by Gasteiger charge is -1.99. The Kier molecular flexibility index (Phi) is 3.34. The highest BCUT2D eigenvalue weighted by molar-refractivity contribution is 5.55. The molecule has 1 aromatic carbocycles. The molecule has 0 atom stereocenters. The minimum absolute atomic E-state index is 0.529. The molecule has 3 heteroatoms. The standard InChI is InChI=1S/C13H15N2O/c1-3-6-10-7-5-8-11(9-10)13-14-12(4-2)16-15-13/h5,7-9H,2-4,6H2,1H3. The van der Waals surface area contributed by atoms with Gasteiger partial charge in [0.15, 0.2) is 0 Å². The first-order valence-corrected chi connectivity index (χ1v) is 5.54. The Labute approximate surface area is 95.5 Å². The summed E-state index contributed by atoms with van der Waals surface area (Å²) in [5, 5.41) is 3.93. The maximum Gasteiger partial charge on any atom is 0.226 e. The van der Waals surface area contributed by atoms with Crippen molar-refractivity contribution in [2.75, 3.05) is 0 Å². The van der Waals surface area contributed by atoms with Crippen LogP contribution in [0.15, 0.2) is 28.8 Å². The maximum absolute atomic E-state index is 5.04. The fourth-order valence-electron chi connectivity index (χ4n) is 1.63. The Morgan fingerprint density at radius 2 is 2.25 bits per heavy atom. The summed E-state index contributed by atoms with van der Waals surface area (Å²) in [7, 11) is 0. The topological polar surface area (TPSA) is 38.9 Å². The summed E-state index contributed by atoms with van der Waals surface area (Å²) < 4.78 is 5.04. The molecule has 0 saturated heterocycles. The van der Waals surface area contributed by atoms with Crippen molar-refractivity contribution in [3.63, 3.8) is 0 Å². The highest BCUT2D eigenvalue weighted by Gasteiger charge is 2.07. The van der Waals surface area contributed by atoms with Crippen LogP contribution in [0.3, 0.4) is 0 Å². The van der Waals surface area contributed by atoms with Crippen molar-refractivity contribution in [2.45, 2.75) is 26.2 Å². The predicted molar refractivity (Wildman–Crippen MR) is 62.8 cm³/mol. The molecule has 1 aromatic heterocycles.